The van der Waals surface area contributed by atoms with Gasteiger partial charge in [-0.15, -0.1) is 0 Å². The van der Waals surface area contributed by atoms with Crippen molar-refractivity contribution in [2.24, 2.45) is 0 Å². The second kappa shape index (κ2) is 8.14. The average molecular weight is 484 g/mol. The number of aryl methyl sites for hydroxylation is 1. The van der Waals surface area contributed by atoms with Crippen molar-refractivity contribution in [3.63, 3.8) is 0 Å². The predicted octanol–water partition coefficient (Wildman–Crippen LogP) is 4.35. The minimum Gasteiger partial charge on any atom is -0.478 e. The number of anilines is 1. The summed E-state index contributed by atoms with van der Waals surface area (Å²) >= 11 is 0. The Morgan fingerprint density at radius 2 is 1.71 bits per heavy atom. The molecule has 1 aliphatic carbocycles. The Hall–Kier alpha value is -3.82. The standard InChI is InChI=1S/C25H23F3N4O3/c1-15-20(21(33)29-24(10-11-24)18-8-4-17(5-9-18)23(34)35)22-31(12-13-32(22)30-15)14-16-2-6-19(7-3-16)25(26,27)28/h2-9H,10-14H2,1H3,(H,29,33)(H,34,35). The first kappa shape index (κ1) is 22.9. The van der Waals surface area contributed by atoms with Gasteiger partial charge in [-0.3, -0.25) is 4.79 Å². The second-order valence-corrected chi connectivity index (χ2v) is 9.04. The molecule has 0 unspecified atom stereocenters. The van der Waals surface area contributed by atoms with Gasteiger partial charge >= 0.3 is 12.1 Å². The Bertz CT molecular complexity index is 1290. The van der Waals surface area contributed by atoms with Crippen molar-refractivity contribution in [1.82, 2.24) is 15.1 Å². The van der Waals surface area contributed by atoms with Gasteiger partial charge in [-0.25, -0.2) is 9.48 Å². The summed E-state index contributed by atoms with van der Waals surface area (Å²) in [5.41, 5.74) is 1.50. The maximum atomic E-state index is 13.4. The van der Waals surface area contributed by atoms with E-state index < -0.39 is 23.2 Å². The van der Waals surface area contributed by atoms with Gasteiger partial charge in [-0.2, -0.15) is 18.3 Å². The molecule has 5 rings (SSSR count). The van der Waals surface area contributed by atoms with E-state index in [1.54, 1.807) is 23.7 Å². The van der Waals surface area contributed by atoms with Crippen LogP contribution >= 0.6 is 0 Å². The van der Waals surface area contributed by atoms with Crippen LogP contribution in [0.5, 0.6) is 0 Å². The molecular weight excluding hydrogens is 461 g/mol. The number of nitrogens with zero attached hydrogens (tertiary/aromatic N) is 3. The molecular formula is C25H23F3N4O3. The number of nitrogens with one attached hydrogen (secondary N) is 1. The quantitative estimate of drug-likeness (QED) is 0.543. The molecule has 0 bridgehead atoms. The number of aromatic nitrogens is 2. The lowest BCUT2D eigenvalue weighted by Crippen LogP contribution is -2.36. The molecule has 10 heteroatoms. The number of carbonyl (C=O) groups excluding carboxylic acids is 1. The topological polar surface area (TPSA) is 87.5 Å². The summed E-state index contributed by atoms with van der Waals surface area (Å²) in [6.07, 6.45) is -2.91. The lowest BCUT2D eigenvalue weighted by molar-refractivity contribution is -0.137. The number of hydrogen-bond donors (Lipinski definition) is 2. The number of aromatic carboxylic acids is 1. The van der Waals surface area contributed by atoms with Crippen molar-refractivity contribution in [2.45, 2.75) is 44.6 Å². The van der Waals surface area contributed by atoms with E-state index in [9.17, 15) is 22.8 Å². The summed E-state index contributed by atoms with van der Waals surface area (Å²) in [5.74, 6) is -0.635. The third-order valence-corrected chi connectivity index (χ3v) is 6.65. The highest BCUT2D eigenvalue weighted by atomic mass is 19.4. The van der Waals surface area contributed by atoms with Gasteiger partial charge in [-0.1, -0.05) is 24.3 Å². The van der Waals surface area contributed by atoms with Crippen LogP contribution in [0.1, 0.15) is 55.9 Å². The van der Waals surface area contributed by atoms with Crippen LogP contribution in [0.15, 0.2) is 48.5 Å². The zero-order valence-electron chi connectivity index (χ0n) is 18.9. The van der Waals surface area contributed by atoms with Crippen LogP contribution in [0.2, 0.25) is 0 Å². The number of amides is 1. The van der Waals surface area contributed by atoms with Gasteiger partial charge in [0.15, 0.2) is 0 Å². The molecule has 2 aliphatic rings. The molecule has 1 amide bonds. The number of alkyl halides is 3. The summed E-state index contributed by atoms with van der Waals surface area (Å²) in [6.45, 7) is 3.28. The van der Waals surface area contributed by atoms with Crippen LogP contribution in [0, 0.1) is 6.92 Å². The normalized spacial score (nSPS) is 16.2. The van der Waals surface area contributed by atoms with E-state index in [2.05, 4.69) is 10.4 Å². The first-order chi connectivity index (χ1) is 16.6. The third-order valence-electron chi connectivity index (χ3n) is 6.65. The fourth-order valence-electron chi connectivity index (χ4n) is 4.63. The molecule has 3 aromatic rings. The molecule has 182 valence electrons. The highest BCUT2D eigenvalue weighted by Crippen LogP contribution is 2.46. The Kier molecular flexibility index (Phi) is 5.34. The molecule has 1 fully saturated rings. The SMILES string of the molecule is Cc1nn2c(c1C(=O)NC1(c3ccc(C(=O)O)cc3)CC1)N(Cc1ccc(C(F)(F)F)cc1)CC2. The van der Waals surface area contributed by atoms with E-state index in [-0.39, 0.29) is 11.5 Å². The van der Waals surface area contributed by atoms with Gasteiger partial charge in [0.2, 0.25) is 0 Å². The van der Waals surface area contributed by atoms with Crippen molar-refractivity contribution >= 4 is 17.7 Å². The second-order valence-electron chi connectivity index (χ2n) is 9.04. The first-order valence-electron chi connectivity index (χ1n) is 11.2. The molecule has 7 nitrogen and oxygen atoms in total. The molecule has 2 heterocycles. The van der Waals surface area contributed by atoms with Gasteiger partial charge in [0.25, 0.3) is 5.91 Å². The summed E-state index contributed by atoms with van der Waals surface area (Å²) in [7, 11) is 0. The summed E-state index contributed by atoms with van der Waals surface area (Å²) < 4.78 is 40.4. The van der Waals surface area contributed by atoms with Crippen molar-refractivity contribution in [3.05, 3.63) is 82.0 Å². The Morgan fingerprint density at radius 3 is 2.29 bits per heavy atom. The molecule has 1 aliphatic heterocycles. The van der Waals surface area contributed by atoms with Crippen LogP contribution in [-0.2, 0) is 24.8 Å². The number of carbonyl (C=O) groups is 2. The van der Waals surface area contributed by atoms with Crippen molar-refractivity contribution in [2.75, 3.05) is 11.4 Å². The van der Waals surface area contributed by atoms with Crippen LogP contribution in [0.4, 0.5) is 19.0 Å². The van der Waals surface area contributed by atoms with Crippen molar-refractivity contribution in [1.29, 1.82) is 0 Å². The minimum atomic E-state index is -4.39. The van der Waals surface area contributed by atoms with E-state index >= 15 is 0 Å². The molecule has 0 atom stereocenters. The summed E-state index contributed by atoms with van der Waals surface area (Å²) in [6, 6.07) is 11.5. The molecule has 0 spiro atoms. The largest absolute Gasteiger partial charge is 0.478 e. The van der Waals surface area contributed by atoms with Crippen LogP contribution in [-0.4, -0.2) is 33.3 Å². The van der Waals surface area contributed by atoms with E-state index in [1.165, 1.54) is 24.3 Å². The Morgan fingerprint density at radius 1 is 1.06 bits per heavy atom. The average Bonchev–Trinajstić information content (AvgIpc) is 3.38. The number of hydrogen-bond acceptors (Lipinski definition) is 4. The maximum Gasteiger partial charge on any atom is 0.416 e. The maximum absolute atomic E-state index is 13.4. The number of carboxylic acids is 1. The molecule has 0 saturated heterocycles. The van der Waals surface area contributed by atoms with Gasteiger partial charge in [0, 0.05) is 13.1 Å². The minimum absolute atomic E-state index is 0.181. The lowest BCUT2D eigenvalue weighted by Gasteiger charge is -2.22. The lowest BCUT2D eigenvalue weighted by atomic mass is 10.0. The highest BCUT2D eigenvalue weighted by molar-refractivity contribution is 6.01. The third kappa shape index (κ3) is 4.24. The first-order valence-corrected chi connectivity index (χ1v) is 11.2. The number of carboxylic acid groups (broad SMARTS) is 1. The fraction of sp³-hybridized carbons (Fsp3) is 0.320. The fourth-order valence-corrected chi connectivity index (χ4v) is 4.63. The number of benzene rings is 2. The van der Waals surface area contributed by atoms with Gasteiger partial charge in [0.05, 0.1) is 28.9 Å². The molecule has 1 aromatic heterocycles. The smallest absolute Gasteiger partial charge is 0.416 e. The molecule has 2 N–H and O–H groups in total. The Labute approximate surface area is 199 Å². The van der Waals surface area contributed by atoms with Gasteiger partial charge < -0.3 is 15.3 Å². The zero-order valence-corrected chi connectivity index (χ0v) is 18.9. The molecule has 2 aromatic carbocycles. The van der Waals surface area contributed by atoms with Gasteiger partial charge in [0.1, 0.15) is 11.4 Å². The molecule has 35 heavy (non-hydrogen) atoms. The zero-order chi connectivity index (χ0) is 25.0. The van der Waals surface area contributed by atoms with E-state index in [0.29, 0.717) is 42.3 Å². The van der Waals surface area contributed by atoms with E-state index in [4.69, 9.17) is 5.11 Å². The monoisotopic (exact) mass is 484 g/mol. The van der Waals surface area contributed by atoms with E-state index in [0.717, 1.165) is 30.5 Å². The molecule has 0 radical (unpaired) electrons. The van der Waals surface area contributed by atoms with Crippen molar-refractivity contribution in [3.8, 4) is 0 Å². The van der Waals surface area contributed by atoms with Crippen LogP contribution in [0.25, 0.3) is 0 Å². The van der Waals surface area contributed by atoms with Crippen molar-refractivity contribution < 1.29 is 27.9 Å². The molecule has 1 saturated carbocycles. The van der Waals surface area contributed by atoms with Crippen LogP contribution in [0.3, 0.4) is 0 Å². The van der Waals surface area contributed by atoms with Gasteiger partial charge in [-0.05, 0) is 55.2 Å². The summed E-state index contributed by atoms with van der Waals surface area (Å²) in [4.78, 5) is 26.5. The summed E-state index contributed by atoms with van der Waals surface area (Å²) in [5, 5.41) is 16.8. The highest BCUT2D eigenvalue weighted by Gasteiger charge is 2.47. The predicted molar refractivity (Wildman–Crippen MR) is 121 cm³/mol. The Balaban J connectivity index is 1.36. The number of fused-ring (bicyclic) bond motifs is 1. The van der Waals surface area contributed by atoms with E-state index in [1.807, 2.05) is 4.90 Å². The van der Waals surface area contributed by atoms with Crippen LogP contribution < -0.4 is 10.2 Å². The number of rotatable bonds is 6. The number of halogens is 3.